The molecular weight excluding hydrogens is 284 g/mol. The third-order valence-corrected chi connectivity index (χ3v) is 1.38. The van der Waals surface area contributed by atoms with Crippen LogP contribution in [0.25, 0.3) is 0 Å². The van der Waals surface area contributed by atoms with E-state index in [1.165, 1.54) is 12.8 Å². The number of carboxylic acid groups (broad SMARTS) is 1. The fraction of sp³-hybridized carbons (Fsp3) is 0.667. The number of hydrogen-bond donors (Lipinski definition) is 3. The predicted octanol–water partition coefficient (Wildman–Crippen LogP) is 3.99. The van der Waals surface area contributed by atoms with Crippen molar-refractivity contribution < 1.29 is 29.4 Å². The van der Waals surface area contributed by atoms with Crippen LogP contribution < -0.4 is 4.72 Å². The van der Waals surface area contributed by atoms with Crippen LogP contribution in [0.1, 0.15) is 39.5 Å². The van der Waals surface area contributed by atoms with Crippen LogP contribution in [0, 0.1) is 13.8 Å². The Kier molecular flexibility index (Phi) is 48.3. The van der Waals surface area contributed by atoms with E-state index in [-0.39, 0.29) is 19.5 Å². The quantitative estimate of drug-likeness (QED) is 0.243. The van der Waals surface area contributed by atoms with E-state index in [1.54, 1.807) is 0 Å². The number of unbranched alkanes of at least 4 members (excludes halogenated alkanes) is 2. The molecule has 0 fully saturated rings. The molecule has 15 heavy (non-hydrogen) atoms. The predicted molar refractivity (Wildman–Crippen MR) is 68.3 cm³/mol. The first-order valence-corrected chi connectivity index (χ1v) is 6.35. The van der Waals surface area contributed by atoms with Gasteiger partial charge in [0.05, 0.1) is 0 Å². The number of rotatable bonds is 3. The molecule has 3 nitrogen and oxygen atoms in total. The molecule has 0 atom stereocenters. The first-order chi connectivity index (χ1) is 6.60. The van der Waals surface area contributed by atoms with Gasteiger partial charge in [-0.25, -0.2) is 4.79 Å². The summed E-state index contributed by atoms with van der Waals surface area (Å²) in [5, 5.41) is 7.73. The molecule has 0 aromatic carbocycles. The molecule has 0 aliphatic carbocycles. The van der Waals surface area contributed by atoms with Gasteiger partial charge in [0, 0.05) is 11.0 Å². The number of carbonyl (C=O) groups is 1. The molecular formula is C9H21NO2S2Zn. The van der Waals surface area contributed by atoms with Crippen LogP contribution in [0.15, 0.2) is 0 Å². The minimum Gasteiger partial charge on any atom is -0.464 e. The van der Waals surface area contributed by atoms with Crippen LogP contribution in [0.2, 0.25) is 0 Å². The second-order valence-corrected chi connectivity index (χ2v) is 3.14. The average Bonchev–Trinajstić information content (AvgIpc) is 2.18. The van der Waals surface area contributed by atoms with Crippen molar-refractivity contribution >= 4 is 28.7 Å². The van der Waals surface area contributed by atoms with Crippen molar-refractivity contribution in [2.45, 2.75) is 39.5 Å². The van der Waals surface area contributed by atoms with Crippen LogP contribution in [0.4, 0.5) is 4.79 Å². The van der Waals surface area contributed by atoms with Gasteiger partial charge in [-0.05, 0) is 0 Å². The number of hydrogen-bond acceptors (Lipinski definition) is 3. The van der Waals surface area contributed by atoms with Gasteiger partial charge in [0.1, 0.15) is 0 Å². The molecule has 88 valence electrons. The van der Waals surface area contributed by atoms with E-state index >= 15 is 0 Å². The zero-order chi connectivity index (χ0) is 11.8. The second kappa shape index (κ2) is 29.3. The van der Waals surface area contributed by atoms with Gasteiger partial charge in [0.15, 0.2) is 0 Å². The van der Waals surface area contributed by atoms with Gasteiger partial charge in [-0.3, -0.25) is 4.72 Å². The van der Waals surface area contributed by atoms with E-state index in [9.17, 15) is 4.79 Å². The molecule has 0 saturated carbocycles. The summed E-state index contributed by atoms with van der Waals surface area (Å²) in [5.41, 5.74) is 0. The molecule has 0 spiro atoms. The number of thiol groups is 1. The van der Waals surface area contributed by atoms with Crippen molar-refractivity contribution in [3.05, 3.63) is 13.8 Å². The number of nitrogens with one attached hydrogen (secondary N) is 1. The van der Waals surface area contributed by atoms with E-state index in [4.69, 9.17) is 5.11 Å². The number of amides is 1. The van der Waals surface area contributed by atoms with E-state index < -0.39 is 6.09 Å². The van der Waals surface area contributed by atoms with Crippen LogP contribution in [0.5, 0.6) is 0 Å². The third kappa shape index (κ3) is 74.0. The monoisotopic (exact) mass is 303 g/mol. The average molecular weight is 305 g/mol. The van der Waals surface area contributed by atoms with Gasteiger partial charge in [-0.1, -0.05) is 38.3 Å². The zero-order valence-corrected chi connectivity index (χ0v) is 14.3. The van der Waals surface area contributed by atoms with Crippen LogP contribution in [-0.2, 0) is 19.5 Å². The maximum absolute atomic E-state index is 9.42. The molecule has 0 bridgehead atoms. The third-order valence-electron chi connectivity index (χ3n) is 0.840. The maximum atomic E-state index is 9.42. The largest absolute Gasteiger partial charge is 2.00 e. The van der Waals surface area contributed by atoms with Crippen molar-refractivity contribution in [2.24, 2.45) is 0 Å². The van der Waals surface area contributed by atoms with Crippen molar-refractivity contribution in [1.82, 2.24) is 4.72 Å². The van der Waals surface area contributed by atoms with Crippen LogP contribution >= 0.6 is 22.6 Å². The Morgan fingerprint density at radius 3 is 1.60 bits per heavy atom. The molecule has 0 aliphatic rings. The molecule has 0 aromatic heterocycles. The minimum absolute atomic E-state index is 0. The smallest absolute Gasteiger partial charge is 0.464 e. The Morgan fingerprint density at radius 1 is 1.33 bits per heavy atom. The molecule has 1 amide bonds. The molecule has 0 saturated heterocycles. The van der Waals surface area contributed by atoms with E-state index in [0.29, 0.717) is 0 Å². The van der Waals surface area contributed by atoms with Gasteiger partial charge in [0.2, 0.25) is 0 Å². The SMILES string of the molecule is O=C(O)NSS.[CH2-]CCC.[CH2-]CCC.[Zn+2]. The Labute approximate surface area is 116 Å². The molecule has 0 aliphatic heterocycles. The molecule has 6 heteroatoms. The molecule has 0 heterocycles. The first kappa shape index (κ1) is 24.7. The Morgan fingerprint density at radius 2 is 1.60 bits per heavy atom. The van der Waals surface area contributed by atoms with Crippen molar-refractivity contribution in [3.8, 4) is 0 Å². The molecule has 0 radical (unpaired) electrons. The molecule has 2 N–H and O–H groups in total. The van der Waals surface area contributed by atoms with E-state index in [0.717, 1.165) is 23.8 Å². The molecule has 0 aromatic rings. The van der Waals surface area contributed by atoms with Crippen molar-refractivity contribution in [3.63, 3.8) is 0 Å². The first-order valence-electron chi connectivity index (χ1n) is 4.48. The van der Waals surface area contributed by atoms with Gasteiger partial charge in [-0.15, -0.1) is 0 Å². The van der Waals surface area contributed by atoms with Crippen LogP contribution in [0.3, 0.4) is 0 Å². The Balaban J connectivity index is -0.0000000606. The normalized spacial score (nSPS) is 7.00. The summed E-state index contributed by atoms with van der Waals surface area (Å²) in [4.78, 5) is 9.42. The minimum atomic E-state index is -1.07. The Bertz CT molecular complexity index is 100. The summed E-state index contributed by atoms with van der Waals surface area (Å²) in [5.74, 6) is 0. The van der Waals surface area contributed by atoms with Gasteiger partial charge in [-0.2, -0.15) is 12.8 Å². The summed E-state index contributed by atoms with van der Waals surface area (Å²) in [6.45, 7) is 11.4. The fourth-order valence-corrected chi connectivity index (χ4v) is 0.351. The maximum Gasteiger partial charge on any atom is 2.00 e. The summed E-state index contributed by atoms with van der Waals surface area (Å²) in [7, 11) is 0.755. The summed E-state index contributed by atoms with van der Waals surface area (Å²) in [6, 6.07) is 0. The second-order valence-electron chi connectivity index (χ2n) is 2.21. The summed E-state index contributed by atoms with van der Waals surface area (Å²) >= 11 is 3.48. The standard InChI is InChI=1S/2C4H9.CH3NO2S2.Zn/c2*1-3-4-2;3-1(4)2-6-5;/h2*1,3-4H2,2H3;2,5H,(H,3,4);/q2*-1;;+2. The van der Waals surface area contributed by atoms with Crippen LogP contribution in [-0.4, -0.2) is 11.2 Å². The van der Waals surface area contributed by atoms with Gasteiger partial charge in [0.25, 0.3) is 0 Å². The summed E-state index contributed by atoms with van der Waals surface area (Å²) in [6.07, 6.45) is 3.48. The van der Waals surface area contributed by atoms with Gasteiger partial charge >= 0.3 is 25.6 Å². The van der Waals surface area contributed by atoms with E-state index in [1.807, 2.05) is 4.72 Å². The fourth-order valence-electron chi connectivity index (χ4n) is 0.0390. The zero-order valence-electron chi connectivity index (χ0n) is 9.66. The van der Waals surface area contributed by atoms with Crippen molar-refractivity contribution in [2.75, 3.05) is 0 Å². The molecule has 0 unspecified atom stereocenters. The molecule has 0 rings (SSSR count). The topological polar surface area (TPSA) is 49.3 Å². The Hall–Kier alpha value is 0.593. The van der Waals surface area contributed by atoms with Crippen molar-refractivity contribution in [1.29, 1.82) is 0 Å². The summed E-state index contributed by atoms with van der Waals surface area (Å²) < 4.78 is 1.91. The van der Waals surface area contributed by atoms with E-state index in [2.05, 4.69) is 39.4 Å². The van der Waals surface area contributed by atoms with Gasteiger partial charge < -0.3 is 19.0 Å².